The van der Waals surface area contributed by atoms with Gasteiger partial charge >= 0.3 is 0 Å². The summed E-state index contributed by atoms with van der Waals surface area (Å²) in [5, 5.41) is 15.2. The van der Waals surface area contributed by atoms with Crippen molar-refractivity contribution in [2.45, 2.75) is 39.3 Å². The van der Waals surface area contributed by atoms with Gasteiger partial charge in [-0.05, 0) is 48.2 Å². The predicted molar refractivity (Wildman–Crippen MR) is 97.9 cm³/mol. The molecule has 1 atom stereocenters. The number of carbonyl (C=O) groups is 1. The van der Waals surface area contributed by atoms with Gasteiger partial charge in [0.15, 0.2) is 0 Å². The Balaban J connectivity index is 1.86. The Bertz CT molecular complexity index is 697. The molecule has 0 heterocycles. The van der Waals surface area contributed by atoms with Gasteiger partial charge in [-0.2, -0.15) is 0 Å². The number of benzene rings is 2. The highest BCUT2D eigenvalue weighted by Crippen LogP contribution is 2.14. The van der Waals surface area contributed by atoms with E-state index in [-0.39, 0.29) is 30.8 Å². The van der Waals surface area contributed by atoms with E-state index < -0.39 is 0 Å². The van der Waals surface area contributed by atoms with Crippen LogP contribution in [0.2, 0.25) is 0 Å². The second-order valence-corrected chi connectivity index (χ2v) is 6.17. The lowest BCUT2D eigenvalue weighted by molar-refractivity contribution is -0.121. The van der Waals surface area contributed by atoms with Gasteiger partial charge in [0.2, 0.25) is 5.91 Å². The van der Waals surface area contributed by atoms with Crippen LogP contribution in [0.3, 0.4) is 0 Å². The van der Waals surface area contributed by atoms with Crippen molar-refractivity contribution in [1.82, 2.24) is 5.32 Å². The molecule has 0 aliphatic carbocycles. The number of nitrogens with one attached hydrogen (secondary N) is 2. The van der Waals surface area contributed by atoms with E-state index in [2.05, 4.69) is 10.6 Å². The van der Waals surface area contributed by atoms with E-state index in [0.29, 0.717) is 18.5 Å². The molecule has 0 aliphatic rings. The molecule has 0 bridgehead atoms. The van der Waals surface area contributed by atoms with E-state index in [1.165, 1.54) is 6.07 Å². The van der Waals surface area contributed by atoms with E-state index in [0.717, 1.165) is 16.8 Å². The van der Waals surface area contributed by atoms with Crippen LogP contribution in [0.25, 0.3) is 0 Å². The van der Waals surface area contributed by atoms with Gasteiger partial charge in [-0.25, -0.2) is 4.39 Å². The summed E-state index contributed by atoms with van der Waals surface area (Å²) in [6, 6.07) is 12.5. The van der Waals surface area contributed by atoms with Crippen molar-refractivity contribution >= 4 is 11.6 Å². The molecule has 1 unspecified atom stereocenters. The monoisotopic (exact) mass is 344 g/mol. The largest absolute Gasteiger partial charge is 0.394 e. The zero-order valence-corrected chi connectivity index (χ0v) is 14.7. The van der Waals surface area contributed by atoms with Crippen molar-refractivity contribution in [1.29, 1.82) is 0 Å². The van der Waals surface area contributed by atoms with Crippen molar-refractivity contribution in [3.05, 3.63) is 65.0 Å². The van der Waals surface area contributed by atoms with Gasteiger partial charge in [-0.15, -0.1) is 0 Å². The van der Waals surface area contributed by atoms with Gasteiger partial charge in [0.25, 0.3) is 0 Å². The molecule has 2 rings (SSSR count). The molecule has 5 heteroatoms. The number of rotatable bonds is 8. The molecule has 0 saturated carbocycles. The third kappa shape index (κ3) is 5.87. The third-order valence-electron chi connectivity index (χ3n) is 4.12. The number of hydrogen-bond acceptors (Lipinski definition) is 3. The number of hydrogen-bond donors (Lipinski definition) is 3. The molecule has 4 nitrogen and oxygen atoms in total. The van der Waals surface area contributed by atoms with Crippen molar-refractivity contribution in [2.75, 3.05) is 11.9 Å². The Morgan fingerprint density at radius 2 is 1.84 bits per heavy atom. The van der Waals surface area contributed by atoms with Crippen molar-refractivity contribution < 1.29 is 14.3 Å². The SMILES string of the molecule is CCC(CO)NC(=O)Cc1ccc(NCc2ccc(F)c(C)c2)cc1. The molecule has 1 amide bonds. The van der Waals surface area contributed by atoms with Gasteiger partial charge < -0.3 is 15.7 Å². The Morgan fingerprint density at radius 1 is 1.16 bits per heavy atom. The summed E-state index contributed by atoms with van der Waals surface area (Å²) in [7, 11) is 0. The van der Waals surface area contributed by atoms with E-state index in [1.807, 2.05) is 37.3 Å². The summed E-state index contributed by atoms with van der Waals surface area (Å²) in [5.41, 5.74) is 3.49. The van der Waals surface area contributed by atoms with Crippen LogP contribution in [-0.4, -0.2) is 23.7 Å². The standard InChI is InChI=1S/C20H25FN2O2/c1-3-17(13-24)23-20(25)11-15-4-7-18(8-5-15)22-12-16-6-9-19(21)14(2)10-16/h4-10,17,22,24H,3,11-13H2,1-2H3,(H,23,25). The number of halogens is 1. The molecule has 2 aromatic carbocycles. The first-order valence-corrected chi connectivity index (χ1v) is 8.50. The van der Waals surface area contributed by atoms with Crippen LogP contribution < -0.4 is 10.6 Å². The fourth-order valence-electron chi connectivity index (χ4n) is 2.50. The lowest BCUT2D eigenvalue weighted by atomic mass is 10.1. The Hall–Kier alpha value is -2.40. The predicted octanol–water partition coefficient (Wildman–Crippen LogP) is 3.18. The number of aryl methyl sites for hydroxylation is 1. The minimum absolute atomic E-state index is 0.0477. The van der Waals surface area contributed by atoms with Crippen LogP contribution in [0, 0.1) is 12.7 Å². The van der Waals surface area contributed by atoms with Gasteiger partial charge in [-0.3, -0.25) is 4.79 Å². The average Bonchev–Trinajstić information content (AvgIpc) is 2.62. The molecule has 2 aromatic rings. The van der Waals surface area contributed by atoms with Gasteiger partial charge in [0.05, 0.1) is 19.1 Å². The summed E-state index contributed by atoms with van der Waals surface area (Å²) in [6.45, 7) is 4.23. The summed E-state index contributed by atoms with van der Waals surface area (Å²) >= 11 is 0. The third-order valence-corrected chi connectivity index (χ3v) is 4.12. The molecule has 0 fully saturated rings. The lowest BCUT2D eigenvalue weighted by Crippen LogP contribution is -2.37. The quantitative estimate of drug-likeness (QED) is 0.689. The number of amides is 1. The molecule has 0 spiro atoms. The van der Waals surface area contributed by atoms with Gasteiger partial charge in [0, 0.05) is 12.2 Å². The molecule has 0 radical (unpaired) electrons. The fourth-order valence-corrected chi connectivity index (χ4v) is 2.50. The summed E-state index contributed by atoms with van der Waals surface area (Å²) in [6.07, 6.45) is 0.988. The van der Waals surface area contributed by atoms with E-state index in [9.17, 15) is 9.18 Å². The second-order valence-electron chi connectivity index (χ2n) is 6.17. The first-order chi connectivity index (χ1) is 12.0. The highest BCUT2D eigenvalue weighted by atomic mass is 19.1. The highest BCUT2D eigenvalue weighted by molar-refractivity contribution is 5.79. The smallest absolute Gasteiger partial charge is 0.224 e. The maximum absolute atomic E-state index is 13.3. The maximum Gasteiger partial charge on any atom is 0.224 e. The molecule has 0 saturated heterocycles. The number of carbonyl (C=O) groups excluding carboxylic acids is 1. The number of aliphatic hydroxyl groups excluding tert-OH is 1. The first kappa shape index (κ1) is 18.9. The Kier molecular flexibility index (Phi) is 6.95. The zero-order valence-electron chi connectivity index (χ0n) is 14.7. The normalized spacial score (nSPS) is 11.8. The fraction of sp³-hybridized carbons (Fsp3) is 0.350. The van der Waals surface area contributed by atoms with Crippen LogP contribution in [0.1, 0.15) is 30.0 Å². The Morgan fingerprint density at radius 3 is 2.44 bits per heavy atom. The van der Waals surface area contributed by atoms with Crippen LogP contribution >= 0.6 is 0 Å². The van der Waals surface area contributed by atoms with E-state index in [4.69, 9.17) is 5.11 Å². The molecule has 25 heavy (non-hydrogen) atoms. The molecule has 134 valence electrons. The lowest BCUT2D eigenvalue weighted by Gasteiger charge is -2.14. The molecular weight excluding hydrogens is 319 g/mol. The summed E-state index contributed by atoms with van der Waals surface area (Å²) in [5.74, 6) is -0.290. The second kappa shape index (κ2) is 9.18. The molecule has 0 aliphatic heterocycles. The van der Waals surface area contributed by atoms with Crippen LogP contribution in [0.4, 0.5) is 10.1 Å². The van der Waals surface area contributed by atoms with E-state index in [1.54, 1.807) is 13.0 Å². The average molecular weight is 344 g/mol. The summed E-state index contributed by atoms with van der Waals surface area (Å²) in [4.78, 5) is 11.9. The molecule has 0 aromatic heterocycles. The zero-order chi connectivity index (χ0) is 18.2. The van der Waals surface area contributed by atoms with Crippen molar-refractivity contribution in [3.8, 4) is 0 Å². The first-order valence-electron chi connectivity index (χ1n) is 8.50. The van der Waals surface area contributed by atoms with Gasteiger partial charge in [-0.1, -0.05) is 31.2 Å². The highest BCUT2D eigenvalue weighted by Gasteiger charge is 2.09. The Labute approximate surface area is 148 Å². The minimum atomic E-state index is -0.196. The van der Waals surface area contributed by atoms with Gasteiger partial charge in [0.1, 0.15) is 5.82 Å². The van der Waals surface area contributed by atoms with Crippen molar-refractivity contribution in [2.24, 2.45) is 0 Å². The maximum atomic E-state index is 13.3. The number of aliphatic hydroxyl groups is 1. The minimum Gasteiger partial charge on any atom is -0.394 e. The van der Waals surface area contributed by atoms with Crippen molar-refractivity contribution in [3.63, 3.8) is 0 Å². The summed E-state index contributed by atoms with van der Waals surface area (Å²) < 4.78 is 13.3. The van der Waals surface area contributed by atoms with E-state index >= 15 is 0 Å². The molecular formula is C20H25FN2O2. The van der Waals surface area contributed by atoms with Crippen LogP contribution in [-0.2, 0) is 17.8 Å². The number of anilines is 1. The van der Waals surface area contributed by atoms with Crippen LogP contribution in [0.15, 0.2) is 42.5 Å². The topological polar surface area (TPSA) is 61.4 Å². The van der Waals surface area contributed by atoms with Crippen LogP contribution in [0.5, 0.6) is 0 Å². The molecule has 3 N–H and O–H groups in total.